The SMILES string of the molecule is Cc1cccc(C(C)C(C)c2ccccc2O)c1C. The summed E-state index contributed by atoms with van der Waals surface area (Å²) in [6, 6.07) is 14.1. The molecule has 0 aliphatic heterocycles. The highest BCUT2D eigenvalue weighted by atomic mass is 16.3. The summed E-state index contributed by atoms with van der Waals surface area (Å²) in [6.45, 7) is 8.75. The molecule has 1 N–H and O–H groups in total. The van der Waals surface area contributed by atoms with Gasteiger partial charge >= 0.3 is 0 Å². The van der Waals surface area contributed by atoms with Crippen molar-refractivity contribution in [1.82, 2.24) is 0 Å². The van der Waals surface area contributed by atoms with Gasteiger partial charge in [0.05, 0.1) is 0 Å². The first kappa shape index (κ1) is 13.7. The third-order valence-electron chi connectivity index (χ3n) is 4.31. The van der Waals surface area contributed by atoms with Crippen molar-refractivity contribution in [3.05, 3.63) is 64.7 Å². The van der Waals surface area contributed by atoms with Gasteiger partial charge in [-0.25, -0.2) is 0 Å². The normalized spacial score (nSPS) is 14.1. The highest BCUT2D eigenvalue weighted by Gasteiger charge is 2.20. The van der Waals surface area contributed by atoms with Crippen molar-refractivity contribution in [2.24, 2.45) is 0 Å². The Hall–Kier alpha value is -1.76. The predicted octanol–water partition coefficient (Wildman–Crippen LogP) is 4.92. The van der Waals surface area contributed by atoms with E-state index >= 15 is 0 Å². The molecule has 2 atom stereocenters. The minimum Gasteiger partial charge on any atom is -0.508 e. The third kappa shape index (κ3) is 2.65. The number of phenols is 1. The van der Waals surface area contributed by atoms with Crippen LogP contribution in [0.2, 0.25) is 0 Å². The lowest BCUT2D eigenvalue weighted by Gasteiger charge is -2.24. The van der Waals surface area contributed by atoms with Crippen molar-refractivity contribution in [2.75, 3.05) is 0 Å². The fourth-order valence-corrected chi connectivity index (χ4v) is 2.68. The van der Waals surface area contributed by atoms with E-state index in [1.54, 1.807) is 6.07 Å². The Balaban J connectivity index is 2.37. The first-order valence-electron chi connectivity index (χ1n) is 6.86. The zero-order chi connectivity index (χ0) is 14.0. The lowest BCUT2D eigenvalue weighted by Crippen LogP contribution is -2.07. The molecular formula is C18H22O. The fourth-order valence-electron chi connectivity index (χ4n) is 2.68. The summed E-state index contributed by atoms with van der Waals surface area (Å²) in [7, 11) is 0. The number of hydrogen-bond acceptors (Lipinski definition) is 1. The standard InChI is InChI=1S/C18H22O/c1-12-8-7-10-16(13(12)2)14(3)15(4)17-9-5-6-11-18(17)19/h5-11,14-15,19H,1-4H3. The molecule has 0 bridgehead atoms. The van der Waals surface area contributed by atoms with Crippen LogP contribution in [0.5, 0.6) is 5.75 Å². The number of hydrogen-bond donors (Lipinski definition) is 1. The Kier molecular flexibility index (Phi) is 3.94. The first-order chi connectivity index (χ1) is 9.02. The number of para-hydroxylation sites is 1. The lowest BCUT2D eigenvalue weighted by atomic mass is 9.81. The Bertz CT molecular complexity index is 572. The van der Waals surface area contributed by atoms with Crippen LogP contribution in [0.4, 0.5) is 0 Å². The molecule has 19 heavy (non-hydrogen) atoms. The molecule has 0 heterocycles. The number of aryl methyl sites for hydroxylation is 1. The summed E-state index contributed by atoms with van der Waals surface area (Å²) in [6.07, 6.45) is 0. The van der Waals surface area contributed by atoms with Crippen LogP contribution in [0, 0.1) is 13.8 Å². The molecule has 1 heteroatoms. The molecule has 0 amide bonds. The average molecular weight is 254 g/mol. The molecule has 100 valence electrons. The molecule has 0 aliphatic carbocycles. The second kappa shape index (κ2) is 5.48. The molecule has 0 radical (unpaired) electrons. The van der Waals surface area contributed by atoms with Gasteiger partial charge in [0.25, 0.3) is 0 Å². The largest absolute Gasteiger partial charge is 0.508 e. The van der Waals surface area contributed by atoms with Gasteiger partial charge in [-0.1, -0.05) is 50.2 Å². The number of rotatable bonds is 3. The van der Waals surface area contributed by atoms with Crippen molar-refractivity contribution in [3.8, 4) is 5.75 Å². The Labute approximate surface area is 115 Å². The summed E-state index contributed by atoms with van der Waals surface area (Å²) >= 11 is 0. The maximum absolute atomic E-state index is 10.0. The van der Waals surface area contributed by atoms with E-state index in [0.29, 0.717) is 17.6 Å². The summed E-state index contributed by atoms with van der Waals surface area (Å²) in [4.78, 5) is 0. The Morgan fingerprint density at radius 2 is 1.37 bits per heavy atom. The van der Waals surface area contributed by atoms with Gasteiger partial charge in [-0.15, -0.1) is 0 Å². The summed E-state index contributed by atoms with van der Waals surface area (Å²) in [5, 5.41) is 10.0. The van der Waals surface area contributed by atoms with E-state index < -0.39 is 0 Å². The maximum Gasteiger partial charge on any atom is 0.119 e. The highest BCUT2D eigenvalue weighted by Crippen LogP contribution is 2.37. The van der Waals surface area contributed by atoms with Crippen LogP contribution in [-0.4, -0.2) is 5.11 Å². The molecule has 0 saturated carbocycles. The molecule has 0 aliphatic rings. The summed E-state index contributed by atoms with van der Waals surface area (Å²) < 4.78 is 0. The van der Waals surface area contributed by atoms with E-state index in [9.17, 15) is 5.11 Å². The first-order valence-corrected chi connectivity index (χ1v) is 6.86. The predicted molar refractivity (Wildman–Crippen MR) is 80.9 cm³/mol. The maximum atomic E-state index is 10.0. The molecular weight excluding hydrogens is 232 g/mol. The Morgan fingerprint density at radius 1 is 0.789 bits per heavy atom. The van der Waals surface area contributed by atoms with E-state index in [1.165, 1.54) is 16.7 Å². The van der Waals surface area contributed by atoms with Crippen LogP contribution in [-0.2, 0) is 0 Å². The van der Waals surface area contributed by atoms with Gasteiger partial charge in [-0.3, -0.25) is 0 Å². The minimum absolute atomic E-state index is 0.293. The molecule has 2 unspecified atom stereocenters. The zero-order valence-electron chi connectivity index (χ0n) is 12.1. The van der Waals surface area contributed by atoms with Crippen LogP contribution < -0.4 is 0 Å². The van der Waals surface area contributed by atoms with Gasteiger partial charge in [0.1, 0.15) is 5.75 Å². The number of phenolic OH excluding ortho intramolecular Hbond substituents is 1. The molecule has 0 aromatic heterocycles. The van der Waals surface area contributed by atoms with Crippen molar-refractivity contribution in [2.45, 2.75) is 39.5 Å². The van der Waals surface area contributed by atoms with Crippen LogP contribution in [0.15, 0.2) is 42.5 Å². The average Bonchev–Trinajstić information content (AvgIpc) is 2.41. The van der Waals surface area contributed by atoms with Crippen LogP contribution in [0.25, 0.3) is 0 Å². The number of benzene rings is 2. The van der Waals surface area contributed by atoms with Gasteiger partial charge in [-0.05, 0) is 54.0 Å². The van der Waals surface area contributed by atoms with E-state index in [-0.39, 0.29) is 0 Å². The van der Waals surface area contributed by atoms with E-state index in [0.717, 1.165) is 5.56 Å². The molecule has 1 nitrogen and oxygen atoms in total. The number of aromatic hydroxyl groups is 1. The van der Waals surface area contributed by atoms with Crippen LogP contribution in [0.3, 0.4) is 0 Å². The molecule has 2 rings (SSSR count). The van der Waals surface area contributed by atoms with Crippen LogP contribution >= 0.6 is 0 Å². The van der Waals surface area contributed by atoms with Crippen molar-refractivity contribution in [1.29, 1.82) is 0 Å². The smallest absolute Gasteiger partial charge is 0.119 e. The molecule has 0 spiro atoms. The molecule has 2 aromatic carbocycles. The van der Waals surface area contributed by atoms with Crippen molar-refractivity contribution >= 4 is 0 Å². The van der Waals surface area contributed by atoms with E-state index in [4.69, 9.17) is 0 Å². The highest BCUT2D eigenvalue weighted by molar-refractivity contribution is 5.41. The topological polar surface area (TPSA) is 20.2 Å². The van der Waals surface area contributed by atoms with Gasteiger partial charge in [0.15, 0.2) is 0 Å². The quantitative estimate of drug-likeness (QED) is 0.824. The monoisotopic (exact) mass is 254 g/mol. The van der Waals surface area contributed by atoms with E-state index in [1.807, 2.05) is 18.2 Å². The third-order valence-corrected chi connectivity index (χ3v) is 4.31. The van der Waals surface area contributed by atoms with Crippen molar-refractivity contribution < 1.29 is 5.11 Å². The second-order valence-electron chi connectivity index (χ2n) is 5.43. The Morgan fingerprint density at radius 3 is 2.05 bits per heavy atom. The van der Waals surface area contributed by atoms with Crippen LogP contribution in [0.1, 0.15) is 47.9 Å². The molecule has 0 saturated heterocycles. The minimum atomic E-state index is 0.293. The summed E-state index contributed by atoms with van der Waals surface area (Å²) in [5.41, 5.74) is 5.08. The van der Waals surface area contributed by atoms with Crippen molar-refractivity contribution in [3.63, 3.8) is 0 Å². The van der Waals surface area contributed by atoms with E-state index in [2.05, 4.69) is 45.9 Å². The van der Waals surface area contributed by atoms with Gasteiger partial charge < -0.3 is 5.11 Å². The molecule has 2 aromatic rings. The van der Waals surface area contributed by atoms with Gasteiger partial charge in [0, 0.05) is 0 Å². The second-order valence-corrected chi connectivity index (χ2v) is 5.43. The fraction of sp³-hybridized carbons (Fsp3) is 0.333. The lowest BCUT2D eigenvalue weighted by molar-refractivity contribution is 0.457. The molecule has 0 fully saturated rings. The zero-order valence-corrected chi connectivity index (χ0v) is 12.1. The summed E-state index contributed by atoms with van der Waals surface area (Å²) in [5.74, 6) is 1.07. The van der Waals surface area contributed by atoms with Gasteiger partial charge in [0.2, 0.25) is 0 Å². The van der Waals surface area contributed by atoms with Gasteiger partial charge in [-0.2, -0.15) is 0 Å².